The molecule has 0 radical (unpaired) electrons. The van der Waals surface area contributed by atoms with Gasteiger partial charge in [0.15, 0.2) is 0 Å². The predicted octanol–water partition coefficient (Wildman–Crippen LogP) is 4.80. The fourth-order valence-corrected chi connectivity index (χ4v) is 4.89. The fraction of sp³-hybridized carbons (Fsp3) is 0.667. The topological polar surface area (TPSA) is 49.4 Å². The van der Waals surface area contributed by atoms with Crippen molar-refractivity contribution in [3.8, 4) is 0 Å². The van der Waals surface area contributed by atoms with Crippen molar-refractivity contribution in [3.63, 3.8) is 0 Å². The molecule has 1 heterocycles. The smallest absolute Gasteiger partial charge is 0.242 e. The van der Waals surface area contributed by atoms with Gasteiger partial charge in [0.25, 0.3) is 0 Å². The molecule has 146 valence electrons. The van der Waals surface area contributed by atoms with Crippen LogP contribution in [0, 0.1) is 0 Å². The molecular formula is C21H34N2O2S. The summed E-state index contributed by atoms with van der Waals surface area (Å²) >= 11 is 0. The van der Waals surface area contributed by atoms with Gasteiger partial charge >= 0.3 is 0 Å². The first-order chi connectivity index (χ1) is 12.0. The molecule has 0 saturated carbocycles. The minimum absolute atomic E-state index is 0.0323. The summed E-state index contributed by atoms with van der Waals surface area (Å²) in [5.74, 6) is 0.620. The lowest BCUT2D eigenvalue weighted by Crippen LogP contribution is -2.45. The van der Waals surface area contributed by atoms with Gasteiger partial charge in [0.1, 0.15) is 17.0 Å². The molecule has 1 aliphatic heterocycles. The summed E-state index contributed by atoms with van der Waals surface area (Å²) in [6, 6.07) is 5.92. The van der Waals surface area contributed by atoms with Crippen LogP contribution in [0.15, 0.2) is 18.2 Å². The Kier molecular flexibility index (Phi) is 6.67. The third kappa shape index (κ3) is 4.55. The number of benzene rings is 1. The quantitative estimate of drug-likeness (QED) is 0.800. The molecule has 1 fully saturated rings. The monoisotopic (exact) mass is 378 g/mol. The molecule has 1 amide bonds. The molecule has 1 aliphatic rings. The predicted molar refractivity (Wildman–Crippen MR) is 111 cm³/mol. The lowest BCUT2D eigenvalue weighted by molar-refractivity contribution is -0.119. The average molecular weight is 379 g/mol. The normalized spacial score (nSPS) is 20.0. The lowest BCUT2D eigenvalue weighted by Gasteiger charge is -2.30. The van der Waals surface area contributed by atoms with Crippen molar-refractivity contribution in [3.05, 3.63) is 29.3 Å². The average Bonchev–Trinajstić information content (AvgIpc) is 3.02. The van der Waals surface area contributed by atoms with Gasteiger partial charge in [0, 0.05) is 12.2 Å². The van der Waals surface area contributed by atoms with Crippen LogP contribution in [-0.2, 0) is 15.8 Å². The van der Waals surface area contributed by atoms with Crippen molar-refractivity contribution >= 4 is 22.6 Å². The van der Waals surface area contributed by atoms with Crippen molar-refractivity contribution in [2.45, 2.75) is 83.9 Å². The molecule has 2 atom stereocenters. The molecule has 0 aliphatic carbocycles. The first-order valence-corrected chi connectivity index (χ1v) is 10.8. The maximum Gasteiger partial charge on any atom is 0.242 e. The molecule has 26 heavy (non-hydrogen) atoms. The molecule has 2 rings (SSSR count). The van der Waals surface area contributed by atoms with Gasteiger partial charge in [0.05, 0.1) is 4.75 Å². The number of amides is 1. The van der Waals surface area contributed by atoms with Crippen molar-refractivity contribution in [1.29, 1.82) is 0 Å². The van der Waals surface area contributed by atoms with E-state index in [2.05, 4.69) is 51.2 Å². The fourth-order valence-electron chi connectivity index (χ4n) is 3.45. The van der Waals surface area contributed by atoms with Gasteiger partial charge in [-0.1, -0.05) is 45.9 Å². The molecule has 0 bridgehead atoms. The van der Waals surface area contributed by atoms with Crippen LogP contribution >= 0.6 is 0 Å². The Hall–Kier alpha value is -1.20. The molecular weight excluding hydrogens is 344 g/mol. The van der Waals surface area contributed by atoms with Crippen LogP contribution in [0.1, 0.15) is 84.3 Å². The second kappa shape index (κ2) is 8.22. The minimum atomic E-state index is -1.18. The molecule has 4 nitrogen and oxygen atoms in total. The number of carbonyl (C=O) groups excluding carboxylic acids is 1. The van der Waals surface area contributed by atoms with Gasteiger partial charge in [0.2, 0.25) is 5.91 Å². The Morgan fingerprint density at radius 1 is 1.15 bits per heavy atom. The number of nitrogens with zero attached hydrogens (tertiary/aromatic N) is 1. The number of hydrogen-bond acceptors (Lipinski definition) is 2. The summed E-state index contributed by atoms with van der Waals surface area (Å²) in [6.45, 7) is 15.2. The highest BCUT2D eigenvalue weighted by Crippen LogP contribution is 2.33. The summed E-state index contributed by atoms with van der Waals surface area (Å²) < 4.78 is 14.4. The lowest BCUT2D eigenvalue weighted by atomic mass is 9.92. The van der Waals surface area contributed by atoms with Gasteiger partial charge in [-0.2, -0.15) is 0 Å². The molecule has 1 saturated heterocycles. The van der Waals surface area contributed by atoms with E-state index in [1.165, 1.54) is 0 Å². The highest BCUT2D eigenvalue weighted by molar-refractivity contribution is 7.84. The van der Waals surface area contributed by atoms with Gasteiger partial charge in [-0.3, -0.25) is 4.79 Å². The largest absolute Gasteiger partial charge is 0.324 e. The van der Waals surface area contributed by atoms with E-state index in [1.54, 1.807) is 0 Å². The second-order valence-corrected chi connectivity index (χ2v) is 11.0. The standard InChI is InChI=1S/C21H34N2O2S/c1-14(2)16-10-8-11-17(15(3)4)19(16)22-20(24)18-12-9-13-23(18)26(25)21(5,6)7/h8,10-11,14-15,18H,9,12-13H2,1-7H3,(H,22,24)/t18-,26+/m0/s1. The van der Waals surface area contributed by atoms with Crippen molar-refractivity contribution in [1.82, 2.24) is 4.31 Å². The summed E-state index contributed by atoms with van der Waals surface area (Å²) in [5, 5.41) is 3.21. The van der Waals surface area contributed by atoms with Crippen LogP contribution in [-0.4, -0.2) is 31.8 Å². The van der Waals surface area contributed by atoms with Crippen LogP contribution in [0.3, 0.4) is 0 Å². The molecule has 0 spiro atoms. The van der Waals surface area contributed by atoms with Crippen LogP contribution in [0.4, 0.5) is 5.69 Å². The maximum absolute atomic E-state index is 13.1. The first-order valence-electron chi connectivity index (χ1n) is 9.66. The highest BCUT2D eigenvalue weighted by atomic mass is 32.2. The van der Waals surface area contributed by atoms with E-state index >= 15 is 0 Å². The molecule has 1 N–H and O–H groups in total. The molecule has 1 aromatic carbocycles. The Labute approximate surface area is 161 Å². The van der Waals surface area contributed by atoms with E-state index in [1.807, 2.05) is 25.1 Å². The Morgan fingerprint density at radius 2 is 1.69 bits per heavy atom. The van der Waals surface area contributed by atoms with E-state index in [9.17, 15) is 9.00 Å². The van der Waals surface area contributed by atoms with Crippen LogP contribution < -0.4 is 5.32 Å². The molecule has 5 heteroatoms. The Morgan fingerprint density at radius 3 is 2.15 bits per heavy atom. The number of nitrogens with one attached hydrogen (secondary N) is 1. The van der Waals surface area contributed by atoms with Crippen LogP contribution in [0.25, 0.3) is 0 Å². The van der Waals surface area contributed by atoms with Crippen LogP contribution in [0.5, 0.6) is 0 Å². The van der Waals surface area contributed by atoms with E-state index in [0.717, 1.165) is 29.7 Å². The molecule has 0 aromatic heterocycles. The SMILES string of the molecule is CC(C)c1cccc(C(C)C)c1NC(=O)[C@@H]1CCCN1[S@](=O)C(C)(C)C. The number of carbonyl (C=O) groups is 1. The Bertz CT molecular complexity index is 651. The van der Waals surface area contributed by atoms with Gasteiger partial charge in [-0.15, -0.1) is 0 Å². The summed E-state index contributed by atoms with van der Waals surface area (Å²) in [4.78, 5) is 13.1. The van der Waals surface area contributed by atoms with Crippen LogP contribution in [0.2, 0.25) is 0 Å². The Balaban J connectivity index is 2.31. The number of para-hydroxylation sites is 1. The third-order valence-electron chi connectivity index (χ3n) is 4.86. The summed E-state index contributed by atoms with van der Waals surface area (Å²) in [6.07, 6.45) is 1.66. The van der Waals surface area contributed by atoms with Gasteiger partial charge in [-0.25, -0.2) is 8.51 Å². The third-order valence-corrected chi connectivity index (χ3v) is 6.78. The van der Waals surface area contributed by atoms with Crippen molar-refractivity contribution in [2.24, 2.45) is 0 Å². The van der Waals surface area contributed by atoms with Crippen molar-refractivity contribution < 1.29 is 9.00 Å². The first kappa shape index (κ1) is 21.1. The summed E-state index contributed by atoms with van der Waals surface area (Å²) in [7, 11) is -1.18. The van der Waals surface area contributed by atoms with E-state index in [0.29, 0.717) is 18.4 Å². The molecule has 0 unspecified atom stereocenters. The number of anilines is 1. The second-order valence-electron chi connectivity index (χ2n) is 8.77. The highest BCUT2D eigenvalue weighted by Gasteiger charge is 2.38. The van der Waals surface area contributed by atoms with E-state index in [-0.39, 0.29) is 16.7 Å². The number of rotatable bonds is 5. The van der Waals surface area contributed by atoms with Crippen molar-refractivity contribution in [2.75, 3.05) is 11.9 Å². The summed E-state index contributed by atoms with van der Waals surface area (Å²) in [5.41, 5.74) is 3.26. The van der Waals surface area contributed by atoms with Gasteiger partial charge in [-0.05, 0) is 56.6 Å². The van der Waals surface area contributed by atoms with E-state index in [4.69, 9.17) is 0 Å². The maximum atomic E-state index is 13.1. The number of hydrogen-bond donors (Lipinski definition) is 1. The molecule has 1 aromatic rings. The zero-order chi connectivity index (χ0) is 19.6. The zero-order valence-corrected chi connectivity index (χ0v) is 18.1. The zero-order valence-electron chi connectivity index (χ0n) is 17.3. The van der Waals surface area contributed by atoms with E-state index < -0.39 is 11.0 Å². The van der Waals surface area contributed by atoms with Gasteiger partial charge < -0.3 is 5.32 Å². The minimum Gasteiger partial charge on any atom is -0.324 e.